The van der Waals surface area contributed by atoms with Crippen LogP contribution < -0.4 is 14.2 Å². The Kier molecular flexibility index (Phi) is 6.62. The third-order valence-electron chi connectivity index (χ3n) is 4.00. The highest BCUT2D eigenvalue weighted by Gasteiger charge is 2.45. The van der Waals surface area contributed by atoms with Gasteiger partial charge in [-0.3, -0.25) is 0 Å². The fourth-order valence-corrected chi connectivity index (χ4v) is 2.52. The van der Waals surface area contributed by atoms with E-state index in [4.69, 9.17) is 23.7 Å². The molecule has 1 aliphatic rings. The molecule has 1 aromatic rings. The van der Waals surface area contributed by atoms with E-state index in [0.717, 1.165) is 0 Å². The Morgan fingerprint density at radius 1 is 0.962 bits per heavy atom. The average Bonchev–Trinajstić information content (AvgIpc) is 2.66. The minimum atomic E-state index is -1.71. The van der Waals surface area contributed by atoms with Crippen LogP contribution in [-0.2, 0) is 9.47 Å². The fourth-order valence-electron chi connectivity index (χ4n) is 2.52. The van der Waals surface area contributed by atoms with E-state index in [1.54, 1.807) is 0 Å². The molecule has 1 fully saturated rings. The van der Waals surface area contributed by atoms with E-state index in [1.807, 2.05) is 0 Å². The van der Waals surface area contributed by atoms with Crippen LogP contribution in [-0.4, -0.2) is 85.0 Å². The van der Waals surface area contributed by atoms with Crippen molar-refractivity contribution >= 4 is 5.97 Å². The Labute approximate surface area is 149 Å². The van der Waals surface area contributed by atoms with Gasteiger partial charge in [-0.05, 0) is 0 Å². The number of carbonyl (C=O) groups is 1. The number of rotatable bonds is 6. The first-order valence-corrected chi connectivity index (χ1v) is 7.69. The molecule has 0 unspecified atom stereocenters. The van der Waals surface area contributed by atoms with Crippen molar-refractivity contribution in [3.05, 3.63) is 17.7 Å². The maximum absolute atomic E-state index is 12.5. The van der Waals surface area contributed by atoms with Gasteiger partial charge in [-0.25, -0.2) is 4.79 Å². The zero-order valence-electron chi connectivity index (χ0n) is 14.5. The van der Waals surface area contributed by atoms with Crippen molar-refractivity contribution in [1.82, 2.24) is 0 Å². The minimum Gasteiger partial charge on any atom is -0.496 e. The highest BCUT2D eigenvalue weighted by molar-refractivity contribution is 5.93. The van der Waals surface area contributed by atoms with Gasteiger partial charge in [-0.1, -0.05) is 0 Å². The largest absolute Gasteiger partial charge is 0.496 e. The van der Waals surface area contributed by atoms with Crippen LogP contribution >= 0.6 is 0 Å². The average molecular weight is 374 g/mol. The predicted octanol–water partition coefficient (Wildman–Crippen LogP) is -1.33. The van der Waals surface area contributed by atoms with Crippen molar-refractivity contribution in [2.24, 2.45) is 0 Å². The molecule has 0 spiro atoms. The molecule has 5 atom stereocenters. The minimum absolute atomic E-state index is 0.0397. The van der Waals surface area contributed by atoms with Gasteiger partial charge in [0, 0.05) is 12.1 Å². The number of ether oxygens (including phenoxy) is 5. The quantitative estimate of drug-likeness (QED) is 0.442. The Morgan fingerprint density at radius 3 is 2.08 bits per heavy atom. The topological polar surface area (TPSA) is 144 Å². The zero-order valence-corrected chi connectivity index (χ0v) is 14.5. The lowest BCUT2D eigenvalue weighted by atomic mass is 9.99. The predicted molar refractivity (Wildman–Crippen MR) is 85.3 cm³/mol. The van der Waals surface area contributed by atoms with E-state index < -0.39 is 43.3 Å². The summed E-state index contributed by atoms with van der Waals surface area (Å²) in [6.07, 6.45) is -7.72. The van der Waals surface area contributed by atoms with E-state index >= 15 is 0 Å². The zero-order chi connectivity index (χ0) is 19.4. The summed E-state index contributed by atoms with van der Waals surface area (Å²) >= 11 is 0. The Bertz CT molecular complexity index is 632. The summed E-state index contributed by atoms with van der Waals surface area (Å²) in [6.45, 7) is -0.640. The molecule has 4 N–H and O–H groups in total. The Morgan fingerprint density at radius 2 is 1.54 bits per heavy atom. The van der Waals surface area contributed by atoms with Crippen LogP contribution in [0.5, 0.6) is 17.2 Å². The SMILES string of the molecule is COc1cc(OC)c(C(=O)O[C@@H]2O[C@H](CO)[C@@H](O)[C@H](O)[C@H]2O)cc1OC. The molecular weight excluding hydrogens is 352 g/mol. The Hall–Kier alpha value is -2.11. The molecule has 1 heterocycles. The molecule has 0 amide bonds. The van der Waals surface area contributed by atoms with Gasteiger partial charge in [0.1, 0.15) is 35.7 Å². The molecule has 0 aromatic heterocycles. The molecule has 0 saturated carbocycles. The molecule has 2 rings (SSSR count). The lowest BCUT2D eigenvalue weighted by molar-refractivity contribution is -0.285. The first-order chi connectivity index (χ1) is 12.4. The van der Waals surface area contributed by atoms with Crippen LogP contribution in [0, 0.1) is 0 Å². The maximum atomic E-state index is 12.5. The molecule has 10 heteroatoms. The van der Waals surface area contributed by atoms with Crippen molar-refractivity contribution < 1.29 is 48.9 Å². The number of aliphatic hydroxyl groups is 4. The molecule has 146 valence electrons. The molecule has 1 aliphatic heterocycles. The van der Waals surface area contributed by atoms with Gasteiger partial charge in [-0.2, -0.15) is 0 Å². The van der Waals surface area contributed by atoms with E-state index in [1.165, 1.54) is 33.5 Å². The second kappa shape index (κ2) is 8.52. The van der Waals surface area contributed by atoms with Gasteiger partial charge in [-0.15, -0.1) is 0 Å². The standard InChI is InChI=1S/C16H22O10/c1-22-8-5-10(24-3)9(23-2)4-7(8)15(21)26-16-14(20)13(19)12(18)11(6-17)25-16/h4-5,11-14,16-20H,6H2,1-3H3/t11-,12-,13+,14-,16+/m1/s1. The smallest absolute Gasteiger partial charge is 0.344 e. The number of benzene rings is 1. The normalized spacial score (nSPS) is 28.3. The molecule has 10 nitrogen and oxygen atoms in total. The third kappa shape index (κ3) is 3.84. The van der Waals surface area contributed by atoms with Gasteiger partial charge < -0.3 is 44.1 Å². The molecular formula is C16H22O10. The Balaban J connectivity index is 2.26. The fraction of sp³-hybridized carbons (Fsp3) is 0.562. The van der Waals surface area contributed by atoms with Crippen LogP contribution in [0.3, 0.4) is 0 Å². The lowest BCUT2D eigenvalue weighted by Gasteiger charge is -2.39. The van der Waals surface area contributed by atoms with E-state index in [-0.39, 0.29) is 17.1 Å². The summed E-state index contributed by atoms with van der Waals surface area (Å²) < 4.78 is 25.6. The van der Waals surface area contributed by atoms with Gasteiger partial charge in [0.05, 0.1) is 27.9 Å². The number of hydrogen-bond acceptors (Lipinski definition) is 10. The number of hydrogen-bond donors (Lipinski definition) is 4. The third-order valence-corrected chi connectivity index (χ3v) is 4.00. The number of esters is 1. The van der Waals surface area contributed by atoms with Gasteiger partial charge >= 0.3 is 5.97 Å². The van der Waals surface area contributed by atoms with E-state index in [0.29, 0.717) is 5.75 Å². The van der Waals surface area contributed by atoms with Crippen molar-refractivity contribution in [2.45, 2.75) is 30.7 Å². The van der Waals surface area contributed by atoms with E-state index in [2.05, 4.69) is 0 Å². The van der Waals surface area contributed by atoms with Crippen molar-refractivity contribution in [2.75, 3.05) is 27.9 Å². The van der Waals surface area contributed by atoms with Gasteiger partial charge in [0.2, 0.25) is 6.29 Å². The van der Waals surface area contributed by atoms with Crippen LogP contribution in [0.2, 0.25) is 0 Å². The molecule has 1 saturated heterocycles. The molecule has 0 bridgehead atoms. The summed E-state index contributed by atoms with van der Waals surface area (Å²) in [5.74, 6) is -0.243. The number of carbonyl (C=O) groups excluding carboxylic acids is 1. The van der Waals surface area contributed by atoms with Gasteiger partial charge in [0.25, 0.3) is 0 Å². The lowest BCUT2D eigenvalue weighted by Crippen LogP contribution is -2.59. The summed E-state index contributed by atoms with van der Waals surface area (Å²) in [4.78, 5) is 12.5. The van der Waals surface area contributed by atoms with Crippen LogP contribution in [0.25, 0.3) is 0 Å². The van der Waals surface area contributed by atoms with Crippen LogP contribution in [0.15, 0.2) is 12.1 Å². The highest BCUT2D eigenvalue weighted by Crippen LogP contribution is 2.35. The van der Waals surface area contributed by atoms with Gasteiger partial charge in [0.15, 0.2) is 11.5 Å². The molecule has 1 aromatic carbocycles. The number of methoxy groups -OCH3 is 3. The summed E-state index contributed by atoms with van der Waals surface area (Å²) in [6, 6.07) is 2.74. The monoisotopic (exact) mass is 374 g/mol. The van der Waals surface area contributed by atoms with E-state index in [9.17, 15) is 25.2 Å². The first-order valence-electron chi connectivity index (χ1n) is 7.69. The maximum Gasteiger partial charge on any atom is 0.344 e. The van der Waals surface area contributed by atoms with Crippen molar-refractivity contribution in [1.29, 1.82) is 0 Å². The summed E-state index contributed by atoms with van der Waals surface area (Å²) in [5.41, 5.74) is -0.0397. The van der Waals surface area contributed by atoms with Crippen LogP contribution in [0.4, 0.5) is 0 Å². The highest BCUT2D eigenvalue weighted by atomic mass is 16.7. The molecule has 0 radical (unpaired) electrons. The summed E-state index contributed by atoms with van der Waals surface area (Å²) in [5, 5.41) is 38.6. The summed E-state index contributed by atoms with van der Waals surface area (Å²) in [7, 11) is 4.15. The molecule has 26 heavy (non-hydrogen) atoms. The van der Waals surface area contributed by atoms with Crippen LogP contribution in [0.1, 0.15) is 10.4 Å². The van der Waals surface area contributed by atoms with Crippen molar-refractivity contribution in [3.63, 3.8) is 0 Å². The molecule has 0 aliphatic carbocycles. The number of aliphatic hydroxyl groups excluding tert-OH is 4. The van der Waals surface area contributed by atoms with Crippen molar-refractivity contribution in [3.8, 4) is 17.2 Å². The second-order valence-electron chi connectivity index (χ2n) is 5.51. The second-order valence-corrected chi connectivity index (χ2v) is 5.51. The first kappa shape index (κ1) is 20.2.